The molecule has 0 unspecified atom stereocenters. The Balaban J connectivity index is 1.11. The number of nitriles is 1. The van der Waals surface area contributed by atoms with Crippen molar-refractivity contribution in [2.75, 3.05) is 9.80 Å². The van der Waals surface area contributed by atoms with E-state index in [0.29, 0.717) is 56.4 Å². The minimum absolute atomic E-state index is 0.0272. The zero-order valence-electron chi connectivity index (χ0n) is 75.3. The first kappa shape index (κ1) is 53.4. The molecule has 0 fully saturated rings. The van der Waals surface area contributed by atoms with Crippen LogP contribution in [0.2, 0.25) is 0 Å². The third-order valence-electron chi connectivity index (χ3n) is 21.6. The van der Waals surface area contributed by atoms with Gasteiger partial charge in [-0.1, -0.05) is 292 Å². The lowest BCUT2D eigenvalue weighted by Gasteiger charge is -2.45. The van der Waals surface area contributed by atoms with E-state index in [9.17, 15) is 21.7 Å². The van der Waals surface area contributed by atoms with Gasteiger partial charge >= 0.3 is 0 Å². The summed E-state index contributed by atoms with van der Waals surface area (Å²) in [4.78, 5) is 4.34. The second-order valence-electron chi connectivity index (χ2n) is 33.6. The topological polar surface area (TPSA) is 40.1 Å². The Kier molecular flexibility index (Phi) is 12.4. The predicted molar refractivity (Wildman–Crippen MR) is 449 cm³/mol. The van der Waals surface area contributed by atoms with Crippen LogP contribution in [-0.4, -0.2) is 15.8 Å². The molecule has 5 nitrogen and oxygen atoms in total. The molecule has 0 spiro atoms. The zero-order valence-corrected chi connectivity index (χ0v) is 62.3. The average molecular weight is 1370 g/mol. The number of fused-ring (bicyclic) bond motifs is 10. The Bertz CT molecular complexity index is 6630. The van der Waals surface area contributed by atoms with Crippen molar-refractivity contribution in [2.24, 2.45) is 0 Å². The van der Waals surface area contributed by atoms with Crippen LogP contribution in [0.15, 0.2) is 273 Å². The smallest absolute Gasteiger partial charge is 0.252 e. The molecule has 0 radical (unpaired) electrons. The maximum atomic E-state index is 12.8. The molecule has 0 bridgehead atoms. The van der Waals surface area contributed by atoms with Crippen molar-refractivity contribution in [1.82, 2.24) is 9.13 Å². The molecule has 0 saturated carbocycles. The molecule has 0 N–H and O–H groups in total. The molecular formula is C99H90BN5. The quantitative estimate of drug-likeness (QED) is 0.142. The van der Waals surface area contributed by atoms with E-state index in [0.717, 1.165) is 93.9 Å². The van der Waals surface area contributed by atoms with Crippen LogP contribution < -0.4 is 26.2 Å². The van der Waals surface area contributed by atoms with Gasteiger partial charge in [0.1, 0.15) is 11.6 Å². The Labute approximate surface area is 638 Å². The summed E-state index contributed by atoms with van der Waals surface area (Å²) in [6, 6.07) is 62.9. The second-order valence-corrected chi connectivity index (χ2v) is 33.6. The van der Waals surface area contributed by atoms with Crippen LogP contribution in [0.25, 0.3) is 99.5 Å². The van der Waals surface area contributed by atoms with Gasteiger partial charge in [0.2, 0.25) is 0 Å². The van der Waals surface area contributed by atoms with Gasteiger partial charge < -0.3 is 18.9 Å². The fraction of sp³-hybridized carbons (Fsp3) is 0.202. The van der Waals surface area contributed by atoms with Crippen molar-refractivity contribution in [3.8, 4) is 62.0 Å². The van der Waals surface area contributed by atoms with Crippen molar-refractivity contribution in [1.29, 1.82) is 5.26 Å². The van der Waals surface area contributed by atoms with Gasteiger partial charge in [0.05, 0.1) is 62.6 Å². The highest BCUT2D eigenvalue weighted by atomic mass is 15.2. The summed E-state index contributed by atoms with van der Waals surface area (Å²) in [6.07, 6.45) is 0. The molecule has 6 heteroatoms. The highest BCUT2D eigenvalue weighted by Gasteiger charge is 2.46. The molecule has 0 amide bonds. The number of hydrogen-bond acceptors (Lipinski definition) is 3. The molecular weight excluding hydrogens is 1270 g/mol. The first-order chi connectivity index (χ1) is 55.6. The fourth-order valence-electron chi connectivity index (χ4n) is 15.9. The van der Waals surface area contributed by atoms with E-state index >= 15 is 0 Å². The van der Waals surface area contributed by atoms with Crippen LogP contribution in [0.4, 0.5) is 34.1 Å². The average Bonchev–Trinajstić information content (AvgIpc) is 0.802. The lowest BCUT2D eigenvalue weighted by atomic mass is 9.33. The third kappa shape index (κ3) is 11.2. The molecule has 4 heterocycles. The van der Waals surface area contributed by atoms with E-state index in [1.807, 2.05) is 84.9 Å². The van der Waals surface area contributed by atoms with Crippen LogP contribution >= 0.6 is 0 Å². The number of para-hydroxylation sites is 2. The molecule has 0 aliphatic carbocycles. The lowest BCUT2D eigenvalue weighted by Crippen LogP contribution is -2.61. The summed E-state index contributed by atoms with van der Waals surface area (Å²) in [7, 11) is 0. The van der Waals surface area contributed by atoms with Gasteiger partial charge in [-0.3, -0.25) is 0 Å². The number of aromatic nitrogens is 2. The molecule has 13 aromatic carbocycles. The van der Waals surface area contributed by atoms with Crippen molar-refractivity contribution in [3.05, 3.63) is 306 Å². The minimum atomic E-state index is -0.771. The molecule has 514 valence electrons. The van der Waals surface area contributed by atoms with Crippen LogP contribution in [0.5, 0.6) is 0 Å². The fourth-order valence-corrected chi connectivity index (χ4v) is 15.9. The predicted octanol–water partition coefficient (Wildman–Crippen LogP) is 25.0. The van der Waals surface area contributed by atoms with E-state index in [1.54, 1.807) is 4.57 Å². The van der Waals surface area contributed by atoms with Gasteiger partial charge in [0.15, 0.2) is 0 Å². The zero-order chi connectivity index (χ0) is 84.3. The van der Waals surface area contributed by atoms with Gasteiger partial charge in [-0.05, 0) is 190 Å². The van der Waals surface area contributed by atoms with Crippen LogP contribution in [-0.2, 0) is 27.1 Å². The van der Waals surface area contributed by atoms with Crippen molar-refractivity contribution in [3.63, 3.8) is 0 Å². The minimum Gasteiger partial charge on any atom is -0.310 e. The summed E-state index contributed by atoms with van der Waals surface area (Å²) in [6.45, 7) is 32.3. The van der Waals surface area contributed by atoms with Crippen LogP contribution in [0, 0.1) is 11.3 Å². The standard InChI is InChI=1S/C99H90BN5/c1-95(2,3)68-44-48-87-78(55-68)79-56-69(96(4,5)6)45-49-88(79)103(87)85-40-29-41-86(80(85)61-101)104-89-53-66(67-50-70(97(7,8)9)54-71(51-67)98(10,11)12)43-47-81(89)100-82-46-42-65(62-30-19-16-20-31-62)52-90(82)105(92-60-73(59-91(104)93(92)100)102-83-38-27-25-36-74(83)75-37-26-28-39-84(75)102)94-76(63-32-21-17-22-33-63)57-72(99(13,14)15)58-77(94)64-34-23-18-24-35-64/h16-60H,1-15H3/i16D,19D,20D,25D,26D,27D,28D,30D,31D,36D,37D,38D,39D. The molecule has 2 aliphatic heterocycles. The number of benzene rings is 13. The number of rotatable bonds is 8. The molecule has 0 saturated heterocycles. The normalized spacial score (nSPS) is 15.0. The monoisotopic (exact) mass is 1370 g/mol. The Morgan fingerprint density at radius 2 is 0.762 bits per heavy atom. The summed E-state index contributed by atoms with van der Waals surface area (Å²) >= 11 is 0. The first-order valence-corrected chi connectivity index (χ1v) is 36.3. The van der Waals surface area contributed by atoms with Crippen LogP contribution in [0.1, 0.15) is 155 Å². The van der Waals surface area contributed by atoms with Gasteiger partial charge in [0, 0.05) is 55.4 Å². The first-order valence-electron chi connectivity index (χ1n) is 42.8. The summed E-state index contributed by atoms with van der Waals surface area (Å²) < 4.78 is 128. The van der Waals surface area contributed by atoms with E-state index < -0.39 is 90.7 Å². The molecule has 17 rings (SSSR count). The largest absolute Gasteiger partial charge is 0.310 e. The molecule has 2 aliphatic rings. The van der Waals surface area contributed by atoms with E-state index in [1.165, 1.54) is 0 Å². The van der Waals surface area contributed by atoms with E-state index in [2.05, 4.69) is 233 Å². The van der Waals surface area contributed by atoms with E-state index in [-0.39, 0.29) is 54.7 Å². The van der Waals surface area contributed by atoms with E-state index in [4.69, 9.17) is 1.37 Å². The number of anilines is 6. The lowest BCUT2D eigenvalue weighted by molar-refractivity contribution is 0.569. The summed E-state index contributed by atoms with van der Waals surface area (Å²) in [5, 5.41) is 14.6. The third-order valence-corrected chi connectivity index (χ3v) is 21.6. The molecule has 0 atom stereocenters. The maximum absolute atomic E-state index is 12.8. The van der Waals surface area contributed by atoms with Gasteiger partial charge in [-0.25, -0.2) is 0 Å². The summed E-state index contributed by atoms with van der Waals surface area (Å²) in [5.74, 6) is 0. The Morgan fingerprint density at radius 3 is 1.26 bits per heavy atom. The SMILES string of the molecule is [2H]c1c([2H])c([2H])c(-c2ccc3c(c2)N(c2c(-c4ccccc4)cc(C(C)(C)C)cc2-c2ccccc2)c2cc(-n4c5c([2H])c([2H])c([2H])c([2H])c5c5c([2H])c([2H])c([2H])c([2H])c54)cc4c2B3c2ccc(-c3cc(C(C)(C)C)cc(C(C)(C)C)c3)cc2N4c2cccc(-n3c4ccc(C(C)(C)C)cc4c4cc(C(C)(C)C)ccc43)c2C#N)c([2H])c1[2H]. The Morgan fingerprint density at radius 1 is 0.314 bits per heavy atom. The molecule has 2 aromatic heterocycles. The molecule has 15 aromatic rings. The Hall–Kier alpha value is -11.4. The molecule has 105 heavy (non-hydrogen) atoms. The van der Waals surface area contributed by atoms with Crippen LogP contribution in [0.3, 0.4) is 0 Å². The second kappa shape index (κ2) is 24.4. The summed E-state index contributed by atoms with van der Waals surface area (Å²) in [5.41, 5.74) is 17.6. The van der Waals surface area contributed by atoms with Crippen molar-refractivity contribution >= 4 is 101 Å². The number of nitrogens with zero attached hydrogens (tertiary/aromatic N) is 5. The van der Waals surface area contributed by atoms with Gasteiger partial charge in [0.25, 0.3) is 6.71 Å². The van der Waals surface area contributed by atoms with Crippen molar-refractivity contribution in [2.45, 2.75) is 131 Å². The number of hydrogen-bond donors (Lipinski definition) is 0. The highest BCUT2D eigenvalue weighted by molar-refractivity contribution is 7.00. The van der Waals surface area contributed by atoms with Crippen molar-refractivity contribution < 1.29 is 17.8 Å². The maximum Gasteiger partial charge on any atom is 0.252 e. The van der Waals surface area contributed by atoms with Gasteiger partial charge in [-0.2, -0.15) is 5.26 Å². The highest BCUT2D eigenvalue weighted by Crippen LogP contribution is 2.54. The van der Waals surface area contributed by atoms with Gasteiger partial charge in [-0.15, -0.1) is 0 Å².